The van der Waals surface area contributed by atoms with Gasteiger partial charge in [-0.25, -0.2) is 4.99 Å². The number of thioether (sulfide) groups is 1. The summed E-state index contributed by atoms with van der Waals surface area (Å²) in [5.41, 5.74) is 20.1. The number of amides is 1. The van der Waals surface area contributed by atoms with Crippen LogP contribution in [0.1, 0.15) is 89.0 Å². The third kappa shape index (κ3) is 8.20. The Morgan fingerprint density at radius 3 is 2.73 bits per heavy atom. The second-order valence-electron chi connectivity index (χ2n) is 15.9. The van der Waals surface area contributed by atoms with Crippen molar-refractivity contribution in [1.82, 2.24) is 15.1 Å². The van der Waals surface area contributed by atoms with E-state index in [-0.39, 0.29) is 53.8 Å². The summed E-state index contributed by atoms with van der Waals surface area (Å²) in [6.45, 7) is 18.5. The minimum atomic E-state index is -0.409. The molecular formula is C42H58N6O2S. The highest BCUT2D eigenvalue weighted by atomic mass is 32.2. The van der Waals surface area contributed by atoms with Crippen LogP contribution < -0.4 is 16.8 Å². The molecule has 4 aliphatic heterocycles. The summed E-state index contributed by atoms with van der Waals surface area (Å²) in [4.78, 5) is 26.2. The number of nitrogens with zero attached hydrogens (tertiary/aromatic N) is 3. The van der Waals surface area contributed by atoms with Crippen LogP contribution in [0.2, 0.25) is 0 Å². The van der Waals surface area contributed by atoms with Crippen LogP contribution in [-0.4, -0.2) is 58.6 Å². The first-order valence-corrected chi connectivity index (χ1v) is 19.8. The number of nitrogens with one attached hydrogen (secondary N) is 1. The average Bonchev–Trinajstić information content (AvgIpc) is 3.48. The van der Waals surface area contributed by atoms with Crippen LogP contribution in [0.5, 0.6) is 0 Å². The van der Waals surface area contributed by atoms with Crippen LogP contribution in [0.25, 0.3) is 0 Å². The summed E-state index contributed by atoms with van der Waals surface area (Å²) >= 11 is 1.78. The smallest absolute Gasteiger partial charge is 0.230 e. The Kier molecular flexibility index (Phi) is 11.3. The number of benzene rings is 1. The minimum absolute atomic E-state index is 0.0659. The van der Waals surface area contributed by atoms with E-state index in [0.717, 1.165) is 83.1 Å². The number of hydrogen-bond acceptors (Lipinski definition) is 8. The number of aryl methyl sites for hydroxylation is 2. The summed E-state index contributed by atoms with van der Waals surface area (Å²) in [7, 11) is 0. The van der Waals surface area contributed by atoms with Crippen LogP contribution in [0.3, 0.4) is 0 Å². The lowest BCUT2D eigenvalue weighted by atomic mass is 9.88. The van der Waals surface area contributed by atoms with Crippen LogP contribution in [0.4, 0.5) is 0 Å². The van der Waals surface area contributed by atoms with Gasteiger partial charge >= 0.3 is 0 Å². The molecule has 6 atom stereocenters. The lowest BCUT2D eigenvalue weighted by molar-refractivity contribution is -0.140. The third-order valence-electron chi connectivity index (χ3n) is 11.0. The number of nitrogens with two attached hydrogens (primary N) is 2. The van der Waals surface area contributed by atoms with Gasteiger partial charge in [0.2, 0.25) is 5.91 Å². The molecule has 9 heteroatoms. The Labute approximate surface area is 309 Å². The molecule has 0 spiro atoms. The second kappa shape index (κ2) is 15.5. The fraction of sp³-hybridized carbons (Fsp3) is 0.524. The van der Waals surface area contributed by atoms with Gasteiger partial charge in [-0.05, 0) is 98.8 Å². The molecule has 0 aromatic heterocycles. The van der Waals surface area contributed by atoms with E-state index in [1.807, 2.05) is 6.07 Å². The molecular weight excluding hydrogens is 653 g/mol. The number of fused-ring (bicyclic) bond motifs is 3. The number of likely N-dealkylation sites (tertiary alicyclic amines) is 1. The van der Waals surface area contributed by atoms with E-state index in [0.29, 0.717) is 6.42 Å². The molecule has 1 aromatic rings. The van der Waals surface area contributed by atoms with E-state index >= 15 is 4.79 Å². The number of allylic oxidation sites excluding steroid dienone is 4. The van der Waals surface area contributed by atoms with Crippen LogP contribution in [0, 0.1) is 31.1 Å². The van der Waals surface area contributed by atoms with Gasteiger partial charge in [-0.1, -0.05) is 69.2 Å². The Balaban J connectivity index is 1.35. The predicted octanol–water partition coefficient (Wildman–Crippen LogP) is 7.51. The van der Waals surface area contributed by atoms with Crippen molar-refractivity contribution in [1.29, 1.82) is 0 Å². The lowest BCUT2D eigenvalue weighted by Gasteiger charge is -2.42. The molecule has 3 unspecified atom stereocenters. The Bertz CT molecular complexity index is 1680. The molecule has 274 valence electrons. The van der Waals surface area contributed by atoms with E-state index in [2.05, 4.69) is 106 Å². The second-order valence-corrected chi connectivity index (χ2v) is 17.2. The molecule has 1 amide bonds. The van der Waals surface area contributed by atoms with Gasteiger partial charge in [0, 0.05) is 23.3 Å². The molecule has 0 radical (unpaired) electrons. The van der Waals surface area contributed by atoms with Gasteiger partial charge in [0.15, 0.2) is 5.88 Å². The van der Waals surface area contributed by atoms with Gasteiger partial charge in [-0.15, -0.1) is 18.3 Å². The first-order chi connectivity index (χ1) is 24.3. The fourth-order valence-electron chi connectivity index (χ4n) is 8.74. The summed E-state index contributed by atoms with van der Waals surface area (Å²) in [5, 5.41) is 3.66. The van der Waals surface area contributed by atoms with Gasteiger partial charge in [0.05, 0.1) is 29.7 Å². The molecule has 6 rings (SSSR count). The number of rotatable bonds is 11. The van der Waals surface area contributed by atoms with Crippen molar-refractivity contribution >= 4 is 23.5 Å². The quantitative estimate of drug-likeness (QED) is 0.161. The van der Waals surface area contributed by atoms with Crippen LogP contribution in [-0.2, 0) is 9.53 Å². The Morgan fingerprint density at radius 1 is 1.24 bits per heavy atom. The van der Waals surface area contributed by atoms with E-state index in [1.165, 1.54) is 5.70 Å². The van der Waals surface area contributed by atoms with Crippen molar-refractivity contribution in [2.75, 3.05) is 18.9 Å². The normalized spacial score (nSPS) is 27.7. The van der Waals surface area contributed by atoms with Crippen molar-refractivity contribution in [3.63, 3.8) is 0 Å². The van der Waals surface area contributed by atoms with E-state index in [4.69, 9.17) is 21.2 Å². The maximum absolute atomic E-state index is 15.1. The minimum Gasteiger partial charge on any atom is -0.477 e. The number of amidine groups is 1. The van der Waals surface area contributed by atoms with Crippen LogP contribution >= 0.6 is 11.8 Å². The zero-order valence-electron chi connectivity index (χ0n) is 31.5. The third-order valence-corrected chi connectivity index (χ3v) is 11.9. The van der Waals surface area contributed by atoms with E-state index < -0.39 is 6.04 Å². The van der Waals surface area contributed by atoms with E-state index in [9.17, 15) is 0 Å². The monoisotopic (exact) mass is 710 g/mol. The summed E-state index contributed by atoms with van der Waals surface area (Å²) in [5.74, 6) is 2.28. The largest absolute Gasteiger partial charge is 0.477 e. The summed E-state index contributed by atoms with van der Waals surface area (Å²) < 4.78 is 6.45. The zero-order chi connectivity index (χ0) is 36.4. The molecule has 4 heterocycles. The van der Waals surface area contributed by atoms with Crippen molar-refractivity contribution < 1.29 is 9.53 Å². The van der Waals surface area contributed by atoms with Gasteiger partial charge in [-0.2, -0.15) is 0 Å². The van der Waals surface area contributed by atoms with Crippen molar-refractivity contribution in [3.8, 4) is 0 Å². The maximum Gasteiger partial charge on any atom is 0.230 e. The number of aliphatic imine (C=N–C) groups is 1. The molecule has 1 aliphatic carbocycles. The molecule has 5 aliphatic rings. The maximum atomic E-state index is 15.1. The molecule has 5 N–H and O–H groups in total. The van der Waals surface area contributed by atoms with Gasteiger partial charge in [-0.3, -0.25) is 4.79 Å². The van der Waals surface area contributed by atoms with Gasteiger partial charge < -0.3 is 31.3 Å². The van der Waals surface area contributed by atoms with Gasteiger partial charge in [0.25, 0.3) is 0 Å². The first kappa shape index (κ1) is 37.1. The molecule has 2 fully saturated rings. The molecule has 51 heavy (non-hydrogen) atoms. The fourth-order valence-corrected chi connectivity index (χ4v) is 9.53. The lowest BCUT2D eigenvalue weighted by Crippen LogP contribution is -2.54. The SMILES string of the molecule is C=C(C)C[C@@H]1CCC[C@@H](C2=CNC3C=C4CC(C)(C)CN4C3=N2)N(C(=O)[C@H]2C=C(SCC)C=CC2)C1CO/C(N)=C/C(N)c1c(C)cccc1C. The summed E-state index contributed by atoms with van der Waals surface area (Å²) in [6.07, 6.45) is 17.9. The molecule has 1 aromatic carbocycles. The van der Waals surface area contributed by atoms with Crippen molar-refractivity contribution in [2.45, 2.75) is 104 Å². The number of carbonyl (C=O) groups is 1. The molecule has 8 nitrogen and oxygen atoms in total. The number of ether oxygens (including phenoxy) is 1. The van der Waals surface area contributed by atoms with Gasteiger partial charge in [0.1, 0.15) is 18.5 Å². The zero-order valence-corrected chi connectivity index (χ0v) is 32.3. The standard InChI is InChI=1S/C42H58N6O2S/c1-8-51-32-16-10-15-30(19-32)41(49)48-36(35-23-45-34-20-31-22-42(6,7)25-47(31)40(34)46-35)17-11-14-29(18-26(2)3)37(48)24-50-38(44)21-33(43)39-27(4)12-9-13-28(39)5/h9-10,12-13,16,19-21,23,29-30,33-34,36-37,45H,2,8,11,14-15,17-18,22,24-25,43-44H2,1,3-7H3/b38-21+/t29-,30+,33?,34?,36-,37?/m0/s1. The Hall–Kier alpha value is -3.69. The highest BCUT2D eigenvalue weighted by Crippen LogP contribution is 2.42. The molecule has 2 saturated heterocycles. The highest BCUT2D eigenvalue weighted by Gasteiger charge is 2.45. The predicted molar refractivity (Wildman–Crippen MR) is 211 cm³/mol. The number of hydrogen-bond donors (Lipinski definition) is 3. The van der Waals surface area contributed by atoms with E-state index in [1.54, 1.807) is 17.8 Å². The first-order valence-electron chi connectivity index (χ1n) is 18.8. The Morgan fingerprint density at radius 2 is 2.00 bits per heavy atom. The molecule has 0 bridgehead atoms. The van der Waals surface area contributed by atoms with Crippen molar-refractivity contribution in [2.24, 2.45) is 33.7 Å². The topological polar surface area (TPSA) is 109 Å². The summed E-state index contributed by atoms with van der Waals surface area (Å²) in [6, 6.07) is 5.37. The van der Waals surface area contributed by atoms with Crippen molar-refractivity contribution in [3.05, 3.63) is 106 Å². The molecule has 0 saturated carbocycles. The van der Waals surface area contributed by atoms with Crippen LogP contribution in [0.15, 0.2) is 94.1 Å². The number of carbonyl (C=O) groups excluding carboxylic acids is 1. The highest BCUT2D eigenvalue weighted by molar-refractivity contribution is 8.03. The average molecular weight is 711 g/mol.